The zero-order valence-corrected chi connectivity index (χ0v) is 17.3. The monoisotopic (exact) mass is 419 g/mol. The van der Waals surface area contributed by atoms with Gasteiger partial charge in [0.05, 0.1) is 25.2 Å². The van der Waals surface area contributed by atoms with Gasteiger partial charge in [-0.25, -0.2) is 0 Å². The van der Waals surface area contributed by atoms with E-state index in [-0.39, 0.29) is 18.7 Å². The Balaban J connectivity index is 1.24. The average Bonchev–Trinajstić information content (AvgIpc) is 3.14. The summed E-state index contributed by atoms with van der Waals surface area (Å²) >= 11 is 0. The smallest absolute Gasteiger partial charge is 0.475 e. The molecule has 6 nitrogen and oxygen atoms in total. The fourth-order valence-corrected chi connectivity index (χ4v) is 4.78. The topological polar surface area (TPSA) is 91.9 Å². The third kappa shape index (κ3) is 4.08. The lowest BCUT2D eigenvalue weighted by molar-refractivity contribution is -0.120. The van der Waals surface area contributed by atoms with E-state index in [1.54, 1.807) is 6.26 Å². The van der Waals surface area contributed by atoms with Gasteiger partial charge in [-0.2, -0.15) is 0 Å². The second-order valence-electron chi connectivity index (χ2n) is 8.99. The van der Waals surface area contributed by atoms with Crippen molar-refractivity contribution < 1.29 is 24.0 Å². The van der Waals surface area contributed by atoms with Gasteiger partial charge >= 0.3 is 7.12 Å². The molecule has 5 rings (SSSR count). The van der Waals surface area contributed by atoms with Gasteiger partial charge in [0.25, 0.3) is 0 Å². The van der Waals surface area contributed by atoms with Gasteiger partial charge in [0.2, 0.25) is 5.91 Å². The van der Waals surface area contributed by atoms with Crippen molar-refractivity contribution in [1.29, 1.82) is 0 Å². The molecule has 1 unspecified atom stereocenters. The first-order valence-corrected chi connectivity index (χ1v) is 10.9. The molecule has 1 amide bonds. The van der Waals surface area contributed by atoms with Crippen LogP contribution >= 0.6 is 0 Å². The Morgan fingerprint density at radius 3 is 2.81 bits per heavy atom. The lowest BCUT2D eigenvalue weighted by Crippen LogP contribution is -2.48. The molecular formula is C24H26BNO5. The summed E-state index contributed by atoms with van der Waals surface area (Å²) in [5, 5.41) is 23.3. The predicted octanol–water partition coefficient (Wildman–Crippen LogP) is 2.82. The molecule has 31 heavy (non-hydrogen) atoms. The summed E-state index contributed by atoms with van der Waals surface area (Å²) in [6, 6.07) is 13.5. The molecule has 1 fully saturated rings. The maximum Gasteiger partial charge on any atom is 0.475 e. The van der Waals surface area contributed by atoms with E-state index in [0.717, 1.165) is 40.9 Å². The molecule has 0 radical (unpaired) electrons. The van der Waals surface area contributed by atoms with Crippen LogP contribution < -0.4 is 10.1 Å². The molecule has 1 atom stereocenters. The minimum atomic E-state index is -1.68. The number of furan rings is 1. The Bertz CT molecular complexity index is 1100. The molecule has 2 aliphatic rings. The number of nitrogens with one attached hydrogen (secondary N) is 1. The van der Waals surface area contributed by atoms with Gasteiger partial charge in [-0.15, -0.1) is 0 Å². The molecule has 7 heteroatoms. The quantitative estimate of drug-likeness (QED) is 0.535. The van der Waals surface area contributed by atoms with E-state index < -0.39 is 13.1 Å². The number of ether oxygens (including phenoxy) is 1. The number of hydrogen-bond donors (Lipinski definition) is 3. The largest absolute Gasteiger partial charge is 0.493 e. The van der Waals surface area contributed by atoms with Gasteiger partial charge in [-0.1, -0.05) is 36.8 Å². The molecule has 1 aromatic heterocycles. The van der Waals surface area contributed by atoms with E-state index in [9.17, 15) is 14.8 Å². The van der Waals surface area contributed by atoms with Crippen molar-refractivity contribution in [3.63, 3.8) is 0 Å². The average molecular weight is 419 g/mol. The van der Waals surface area contributed by atoms with Gasteiger partial charge < -0.3 is 24.5 Å². The summed E-state index contributed by atoms with van der Waals surface area (Å²) in [7, 11) is -1.68. The fraction of sp³-hybridized carbons (Fsp3) is 0.375. The lowest BCUT2D eigenvalue weighted by atomic mass is 9.65. The summed E-state index contributed by atoms with van der Waals surface area (Å²) in [6.07, 6.45) is 6.80. The van der Waals surface area contributed by atoms with Crippen LogP contribution in [0.4, 0.5) is 0 Å². The number of para-hydroxylation sites is 1. The van der Waals surface area contributed by atoms with Crippen molar-refractivity contribution in [2.45, 2.75) is 44.5 Å². The number of rotatable bonds is 6. The van der Waals surface area contributed by atoms with Gasteiger partial charge in [0.1, 0.15) is 11.3 Å². The molecule has 3 aromatic rings. The van der Waals surface area contributed by atoms with E-state index >= 15 is 0 Å². The normalized spacial score (nSPS) is 17.5. The third-order valence-corrected chi connectivity index (χ3v) is 6.72. The van der Waals surface area contributed by atoms with Crippen LogP contribution in [0.3, 0.4) is 0 Å². The number of hydrogen-bond acceptors (Lipinski definition) is 5. The standard InChI is InChI=1S/C24H26BNO5/c27-23(11-16-6-7-17-13-24(8-3-9-24)15-31-21(17)10-16)26-22(25(28)29)12-18-14-30-20-5-2-1-4-19(18)20/h1-2,4-7,10,14,22,28-29H,3,8-9,11-13,15H2,(H,26,27). The molecule has 1 spiro atoms. The van der Waals surface area contributed by atoms with Crippen molar-refractivity contribution >= 4 is 24.0 Å². The summed E-state index contributed by atoms with van der Waals surface area (Å²) < 4.78 is 11.5. The molecular weight excluding hydrogens is 393 g/mol. The highest BCUT2D eigenvalue weighted by molar-refractivity contribution is 6.43. The highest BCUT2D eigenvalue weighted by atomic mass is 16.5. The Labute approximate surface area is 181 Å². The fourth-order valence-electron chi connectivity index (χ4n) is 4.78. The SMILES string of the molecule is O=C(Cc1ccc2c(c1)OCC1(CCC1)C2)NC(Cc1coc2ccccc12)B(O)O. The third-order valence-electron chi connectivity index (χ3n) is 6.72. The first-order chi connectivity index (χ1) is 15.0. The summed E-state index contributed by atoms with van der Waals surface area (Å²) in [5.74, 6) is -0.232. The zero-order chi connectivity index (χ0) is 21.4. The predicted molar refractivity (Wildman–Crippen MR) is 118 cm³/mol. The summed E-state index contributed by atoms with van der Waals surface area (Å²) in [6.45, 7) is 0.757. The van der Waals surface area contributed by atoms with Gasteiger partial charge in [0.15, 0.2) is 0 Å². The van der Waals surface area contributed by atoms with E-state index in [1.165, 1.54) is 24.8 Å². The molecule has 3 N–H and O–H groups in total. The van der Waals surface area contributed by atoms with Crippen molar-refractivity contribution in [3.05, 3.63) is 65.4 Å². The lowest BCUT2D eigenvalue weighted by Gasteiger charge is -2.44. The molecule has 2 aromatic carbocycles. The van der Waals surface area contributed by atoms with Gasteiger partial charge in [-0.3, -0.25) is 4.79 Å². The summed E-state index contributed by atoms with van der Waals surface area (Å²) in [4.78, 5) is 12.6. The number of carbonyl (C=O) groups excluding carboxylic acids is 1. The van der Waals surface area contributed by atoms with Crippen molar-refractivity contribution in [2.75, 3.05) is 6.61 Å². The van der Waals surface area contributed by atoms with Crippen LogP contribution in [0.1, 0.15) is 36.0 Å². The molecule has 2 heterocycles. The minimum absolute atomic E-state index is 0.150. The Morgan fingerprint density at radius 1 is 1.19 bits per heavy atom. The van der Waals surface area contributed by atoms with Crippen LogP contribution in [-0.4, -0.2) is 35.6 Å². The molecule has 0 bridgehead atoms. The maximum absolute atomic E-state index is 12.6. The second kappa shape index (κ2) is 8.06. The minimum Gasteiger partial charge on any atom is -0.493 e. The molecule has 160 valence electrons. The Kier molecular flexibility index (Phi) is 5.24. The molecule has 0 saturated heterocycles. The van der Waals surface area contributed by atoms with Crippen molar-refractivity contribution in [2.24, 2.45) is 5.41 Å². The number of carbonyl (C=O) groups is 1. The van der Waals surface area contributed by atoms with E-state index in [4.69, 9.17) is 9.15 Å². The van der Waals surface area contributed by atoms with E-state index in [0.29, 0.717) is 5.41 Å². The first kappa shape index (κ1) is 20.2. The van der Waals surface area contributed by atoms with E-state index in [1.807, 2.05) is 36.4 Å². The maximum atomic E-state index is 12.6. The number of benzene rings is 2. The number of fused-ring (bicyclic) bond motifs is 2. The van der Waals surface area contributed by atoms with Crippen LogP contribution in [0, 0.1) is 5.41 Å². The van der Waals surface area contributed by atoms with E-state index in [2.05, 4.69) is 11.4 Å². The van der Waals surface area contributed by atoms with Gasteiger partial charge in [0, 0.05) is 10.8 Å². The first-order valence-electron chi connectivity index (χ1n) is 10.9. The van der Waals surface area contributed by atoms with Crippen LogP contribution in [0.5, 0.6) is 5.75 Å². The van der Waals surface area contributed by atoms with Crippen LogP contribution in [-0.2, 0) is 24.1 Å². The van der Waals surface area contributed by atoms with Crippen molar-refractivity contribution in [3.8, 4) is 5.75 Å². The highest BCUT2D eigenvalue weighted by Crippen LogP contribution is 2.48. The van der Waals surface area contributed by atoms with Crippen LogP contribution in [0.25, 0.3) is 11.0 Å². The Hall–Kier alpha value is -2.77. The highest BCUT2D eigenvalue weighted by Gasteiger charge is 2.41. The van der Waals surface area contributed by atoms with Crippen LogP contribution in [0.15, 0.2) is 53.1 Å². The zero-order valence-electron chi connectivity index (χ0n) is 17.3. The Morgan fingerprint density at radius 2 is 2.03 bits per heavy atom. The summed E-state index contributed by atoms with van der Waals surface area (Å²) in [5.41, 5.74) is 3.94. The molecule has 1 aliphatic heterocycles. The van der Waals surface area contributed by atoms with Crippen LogP contribution in [0.2, 0.25) is 0 Å². The van der Waals surface area contributed by atoms with Crippen molar-refractivity contribution in [1.82, 2.24) is 5.32 Å². The number of amides is 1. The molecule has 1 aliphatic carbocycles. The van der Waals surface area contributed by atoms with Gasteiger partial charge in [-0.05, 0) is 54.5 Å². The second-order valence-corrected chi connectivity index (χ2v) is 8.99. The molecule has 1 saturated carbocycles.